The van der Waals surface area contributed by atoms with E-state index >= 15 is 0 Å². The van der Waals surface area contributed by atoms with E-state index in [0.717, 1.165) is 16.5 Å². The number of rotatable bonds is 5. The topological polar surface area (TPSA) is 71.2 Å². The van der Waals surface area contributed by atoms with E-state index in [0.29, 0.717) is 5.56 Å². The van der Waals surface area contributed by atoms with E-state index in [9.17, 15) is 14.0 Å². The quantitative estimate of drug-likeness (QED) is 0.701. The molecule has 1 atom stereocenters. The first-order valence-electron chi connectivity index (χ1n) is 7.84. The number of aromatic nitrogens is 1. The number of hydrogen-bond donors (Lipinski definition) is 2. The Hall–Kier alpha value is -3.15. The summed E-state index contributed by atoms with van der Waals surface area (Å²) in [4.78, 5) is 27.4. The van der Waals surface area contributed by atoms with Gasteiger partial charge in [-0.2, -0.15) is 0 Å². The maximum atomic E-state index is 12.9. The molecule has 0 bridgehead atoms. The second kappa shape index (κ2) is 7.17. The van der Waals surface area contributed by atoms with E-state index < -0.39 is 18.0 Å². The fourth-order valence-electron chi connectivity index (χ4n) is 2.45. The van der Waals surface area contributed by atoms with Gasteiger partial charge in [-0.25, -0.2) is 9.18 Å². The van der Waals surface area contributed by atoms with Crippen molar-refractivity contribution in [1.29, 1.82) is 0 Å². The van der Waals surface area contributed by atoms with E-state index in [4.69, 9.17) is 4.74 Å². The molecule has 0 aliphatic heterocycles. The van der Waals surface area contributed by atoms with Crippen molar-refractivity contribution in [3.05, 3.63) is 71.7 Å². The van der Waals surface area contributed by atoms with E-state index in [-0.39, 0.29) is 12.4 Å². The Morgan fingerprint density at radius 2 is 1.88 bits per heavy atom. The zero-order valence-electron chi connectivity index (χ0n) is 13.6. The second-order valence-corrected chi connectivity index (χ2v) is 5.64. The highest BCUT2D eigenvalue weighted by molar-refractivity contribution is 6.04. The number of nitrogens with one attached hydrogen (secondary N) is 2. The lowest BCUT2D eigenvalue weighted by atomic mass is 10.2. The molecule has 0 spiro atoms. The first-order chi connectivity index (χ1) is 12.0. The van der Waals surface area contributed by atoms with Crippen molar-refractivity contribution in [2.75, 3.05) is 0 Å². The van der Waals surface area contributed by atoms with Crippen molar-refractivity contribution in [2.24, 2.45) is 0 Å². The molecule has 0 saturated carbocycles. The number of fused-ring (bicyclic) bond motifs is 1. The molecule has 1 aromatic heterocycles. The van der Waals surface area contributed by atoms with Gasteiger partial charge in [-0.15, -0.1) is 0 Å². The minimum Gasteiger partial charge on any atom is -0.449 e. The summed E-state index contributed by atoms with van der Waals surface area (Å²) in [6.45, 7) is 1.74. The summed E-state index contributed by atoms with van der Waals surface area (Å²) in [5, 5.41) is 3.40. The SMILES string of the molecule is C[C@@H](OC(=O)c1c[nH]c2ccccc12)C(=O)NCc1ccc(F)cc1. The molecule has 1 amide bonds. The van der Waals surface area contributed by atoms with Gasteiger partial charge < -0.3 is 15.0 Å². The van der Waals surface area contributed by atoms with Gasteiger partial charge in [0.05, 0.1) is 5.56 Å². The van der Waals surface area contributed by atoms with Crippen LogP contribution in [-0.4, -0.2) is 23.0 Å². The van der Waals surface area contributed by atoms with Gasteiger partial charge in [0.1, 0.15) is 5.82 Å². The molecule has 6 heteroatoms. The Morgan fingerprint density at radius 1 is 1.16 bits per heavy atom. The van der Waals surface area contributed by atoms with Crippen molar-refractivity contribution in [1.82, 2.24) is 10.3 Å². The molecule has 5 nitrogen and oxygen atoms in total. The molecule has 128 valence electrons. The highest BCUT2D eigenvalue weighted by Gasteiger charge is 2.20. The minimum absolute atomic E-state index is 0.230. The average Bonchev–Trinajstić information content (AvgIpc) is 3.05. The number of para-hydroxylation sites is 1. The number of halogens is 1. The molecule has 3 aromatic rings. The Balaban J connectivity index is 1.59. The van der Waals surface area contributed by atoms with Crippen LogP contribution in [0.15, 0.2) is 54.7 Å². The largest absolute Gasteiger partial charge is 0.449 e. The van der Waals surface area contributed by atoms with Gasteiger partial charge in [-0.3, -0.25) is 4.79 Å². The average molecular weight is 340 g/mol. The Bertz CT molecular complexity index is 902. The van der Waals surface area contributed by atoms with Crippen LogP contribution in [0.2, 0.25) is 0 Å². The summed E-state index contributed by atoms with van der Waals surface area (Å²) in [5.41, 5.74) is 1.96. The highest BCUT2D eigenvalue weighted by atomic mass is 19.1. The third-order valence-electron chi connectivity index (χ3n) is 3.84. The lowest BCUT2D eigenvalue weighted by molar-refractivity contribution is -0.129. The van der Waals surface area contributed by atoms with Crippen molar-refractivity contribution in [3.63, 3.8) is 0 Å². The summed E-state index contributed by atoms with van der Waals surface area (Å²) in [6.07, 6.45) is 0.623. The number of benzene rings is 2. The molecule has 1 heterocycles. The van der Waals surface area contributed by atoms with Gasteiger partial charge in [-0.05, 0) is 30.7 Å². The zero-order chi connectivity index (χ0) is 17.8. The first-order valence-corrected chi connectivity index (χ1v) is 7.84. The van der Waals surface area contributed by atoms with Crippen molar-refractivity contribution < 1.29 is 18.7 Å². The van der Waals surface area contributed by atoms with Crippen LogP contribution >= 0.6 is 0 Å². The predicted molar refractivity (Wildman–Crippen MR) is 91.4 cm³/mol. The fraction of sp³-hybridized carbons (Fsp3) is 0.158. The normalized spacial score (nSPS) is 11.9. The second-order valence-electron chi connectivity index (χ2n) is 5.64. The van der Waals surface area contributed by atoms with Crippen LogP contribution in [0.3, 0.4) is 0 Å². The van der Waals surface area contributed by atoms with Crippen molar-refractivity contribution in [2.45, 2.75) is 19.6 Å². The lowest BCUT2D eigenvalue weighted by Crippen LogP contribution is -2.35. The summed E-state index contributed by atoms with van der Waals surface area (Å²) < 4.78 is 18.1. The number of carbonyl (C=O) groups is 2. The molecule has 3 rings (SSSR count). The van der Waals surface area contributed by atoms with Crippen LogP contribution < -0.4 is 5.32 Å². The highest BCUT2D eigenvalue weighted by Crippen LogP contribution is 2.19. The van der Waals surface area contributed by atoms with E-state index in [1.807, 2.05) is 24.3 Å². The Kier molecular flexibility index (Phi) is 4.79. The fourth-order valence-corrected chi connectivity index (χ4v) is 2.45. The molecule has 0 radical (unpaired) electrons. The maximum Gasteiger partial charge on any atom is 0.341 e. The van der Waals surface area contributed by atoms with Gasteiger partial charge in [-0.1, -0.05) is 30.3 Å². The Labute approximate surface area is 143 Å². The summed E-state index contributed by atoms with van der Waals surface area (Å²) in [7, 11) is 0. The maximum absolute atomic E-state index is 12.9. The van der Waals surface area contributed by atoms with E-state index in [1.165, 1.54) is 19.1 Å². The number of aromatic amines is 1. The van der Waals surface area contributed by atoms with Gasteiger partial charge in [0.2, 0.25) is 0 Å². The van der Waals surface area contributed by atoms with Crippen LogP contribution in [0.25, 0.3) is 10.9 Å². The van der Waals surface area contributed by atoms with Crippen LogP contribution in [0.1, 0.15) is 22.8 Å². The molecule has 0 aliphatic rings. The number of ether oxygens (including phenoxy) is 1. The number of H-pyrrole nitrogens is 1. The van der Waals surface area contributed by atoms with Crippen LogP contribution in [0.4, 0.5) is 4.39 Å². The number of carbonyl (C=O) groups excluding carboxylic acids is 2. The number of esters is 1. The third kappa shape index (κ3) is 3.85. The minimum atomic E-state index is -0.943. The summed E-state index contributed by atoms with van der Waals surface area (Å²) in [5.74, 6) is -1.32. The zero-order valence-corrected chi connectivity index (χ0v) is 13.6. The molecule has 2 aromatic carbocycles. The first kappa shape index (κ1) is 16.7. The standard InChI is InChI=1S/C19H17FN2O3/c1-12(18(23)22-10-13-6-8-14(20)9-7-13)25-19(24)16-11-21-17-5-3-2-4-15(16)17/h2-9,11-12,21H,10H2,1H3,(H,22,23)/t12-/m1/s1. The monoisotopic (exact) mass is 340 g/mol. The van der Waals surface area contributed by atoms with Crippen LogP contribution in [-0.2, 0) is 16.1 Å². The molecular weight excluding hydrogens is 323 g/mol. The predicted octanol–water partition coefficient (Wildman–Crippen LogP) is 3.17. The van der Waals surface area contributed by atoms with E-state index in [1.54, 1.807) is 18.3 Å². The number of amides is 1. The van der Waals surface area contributed by atoms with Crippen molar-refractivity contribution >= 4 is 22.8 Å². The van der Waals surface area contributed by atoms with Crippen LogP contribution in [0.5, 0.6) is 0 Å². The van der Waals surface area contributed by atoms with Gasteiger partial charge in [0.25, 0.3) is 5.91 Å². The molecule has 0 fully saturated rings. The molecule has 0 aliphatic carbocycles. The molecule has 25 heavy (non-hydrogen) atoms. The summed E-state index contributed by atoms with van der Waals surface area (Å²) >= 11 is 0. The molecule has 0 unspecified atom stereocenters. The van der Waals surface area contributed by atoms with Crippen molar-refractivity contribution in [3.8, 4) is 0 Å². The number of hydrogen-bond acceptors (Lipinski definition) is 3. The lowest BCUT2D eigenvalue weighted by Gasteiger charge is -2.13. The Morgan fingerprint density at radius 3 is 2.64 bits per heavy atom. The third-order valence-corrected chi connectivity index (χ3v) is 3.84. The summed E-state index contributed by atoms with van der Waals surface area (Å²) in [6, 6.07) is 13.2. The smallest absolute Gasteiger partial charge is 0.341 e. The van der Waals surface area contributed by atoms with E-state index in [2.05, 4.69) is 10.3 Å². The molecular formula is C19H17FN2O3. The van der Waals surface area contributed by atoms with Gasteiger partial charge >= 0.3 is 5.97 Å². The van der Waals surface area contributed by atoms with Crippen LogP contribution in [0, 0.1) is 5.82 Å². The molecule has 2 N–H and O–H groups in total. The van der Waals surface area contributed by atoms with Gasteiger partial charge in [0, 0.05) is 23.6 Å². The van der Waals surface area contributed by atoms with Gasteiger partial charge in [0.15, 0.2) is 6.10 Å². The molecule has 0 saturated heterocycles.